The van der Waals surface area contributed by atoms with Crippen LogP contribution in [0, 0.1) is 0 Å². The van der Waals surface area contributed by atoms with Crippen molar-refractivity contribution >= 4 is 16.6 Å². The third kappa shape index (κ3) is 6.65. The summed E-state index contributed by atoms with van der Waals surface area (Å²) in [5.41, 5.74) is 0.980. The van der Waals surface area contributed by atoms with Gasteiger partial charge in [-0.3, -0.25) is 0 Å². The Bertz CT molecular complexity index is 666. The largest absolute Gasteiger partial charge is 0.497 e. The van der Waals surface area contributed by atoms with Gasteiger partial charge in [-0.1, -0.05) is 53.7 Å². The molecule has 0 N–H and O–H groups in total. The maximum absolute atomic E-state index is 6.50. The van der Waals surface area contributed by atoms with Crippen molar-refractivity contribution in [2.24, 2.45) is 0 Å². The summed E-state index contributed by atoms with van der Waals surface area (Å²) in [5.74, 6) is 0.817. The fourth-order valence-corrected chi connectivity index (χ4v) is 4.78. The summed E-state index contributed by atoms with van der Waals surface area (Å²) < 4.78 is 31.0. The molecule has 0 amide bonds. The molecule has 1 aliphatic rings. The summed E-state index contributed by atoms with van der Waals surface area (Å²) in [6.45, 7) is 23.6. The van der Waals surface area contributed by atoms with Gasteiger partial charge in [-0.25, -0.2) is 0 Å². The van der Waals surface area contributed by atoms with Gasteiger partial charge in [0.15, 0.2) is 22.9 Å². The normalized spacial score (nSPS) is 21.5. The van der Waals surface area contributed by atoms with Crippen LogP contribution in [0.5, 0.6) is 5.75 Å². The average molecular weight is 469 g/mol. The maximum atomic E-state index is 6.50. The summed E-state index contributed by atoms with van der Waals surface area (Å²) in [7, 11) is -2.11. The molecule has 2 rings (SSSR count). The van der Waals surface area contributed by atoms with E-state index in [2.05, 4.69) is 67.7 Å². The van der Waals surface area contributed by atoms with Crippen LogP contribution in [0.2, 0.25) is 36.3 Å². The van der Waals surface area contributed by atoms with Crippen molar-refractivity contribution in [1.82, 2.24) is 0 Å². The molecule has 0 bridgehead atoms. The minimum atomic E-state index is -1.89. The quantitative estimate of drug-likeness (QED) is 0.406. The summed E-state index contributed by atoms with van der Waals surface area (Å²) >= 11 is 0. The van der Waals surface area contributed by atoms with Gasteiger partial charge in [0.1, 0.15) is 18.0 Å². The van der Waals surface area contributed by atoms with Crippen LogP contribution >= 0.6 is 0 Å². The zero-order valence-corrected chi connectivity index (χ0v) is 23.5. The molecule has 5 nitrogen and oxygen atoms in total. The SMILES string of the molecule is COc1ccc(C2O[C@@H](CO[Si](C)(C)C(C)(C)C)[C@H](CO[Si](C)(C)C(C)(C)C)O2)cc1. The lowest BCUT2D eigenvalue weighted by Gasteiger charge is -2.38. The average Bonchev–Trinajstić information content (AvgIpc) is 3.06. The van der Waals surface area contributed by atoms with E-state index in [-0.39, 0.29) is 22.3 Å². The van der Waals surface area contributed by atoms with E-state index < -0.39 is 22.9 Å². The van der Waals surface area contributed by atoms with E-state index in [0.717, 1.165) is 11.3 Å². The second kappa shape index (κ2) is 9.65. The smallest absolute Gasteiger partial charge is 0.192 e. The van der Waals surface area contributed by atoms with Gasteiger partial charge in [0.2, 0.25) is 0 Å². The molecular formula is C24H44O5Si2. The highest BCUT2D eigenvalue weighted by molar-refractivity contribution is 6.74. The fraction of sp³-hybridized carbons (Fsp3) is 0.750. The molecule has 0 aliphatic carbocycles. The Kier molecular flexibility index (Phi) is 8.26. The van der Waals surface area contributed by atoms with Gasteiger partial charge in [-0.2, -0.15) is 0 Å². The Labute approximate surface area is 192 Å². The number of hydrogen-bond acceptors (Lipinski definition) is 5. The molecule has 1 aromatic rings. The lowest BCUT2D eigenvalue weighted by atomic mass is 10.2. The zero-order chi connectivity index (χ0) is 23.7. The van der Waals surface area contributed by atoms with Crippen LogP contribution in [-0.4, -0.2) is 49.2 Å². The van der Waals surface area contributed by atoms with E-state index in [1.54, 1.807) is 7.11 Å². The van der Waals surface area contributed by atoms with Crippen molar-refractivity contribution in [2.75, 3.05) is 20.3 Å². The van der Waals surface area contributed by atoms with Crippen LogP contribution in [0.25, 0.3) is 0 Å². The van der Waals surface area contributed by atoms with Gasteiger partial charge in [0, 0.05) is 5.56 Å². The highest BCUT2D eigenvalue weighted by Crippen LogP contribution is 2.40. The van der Waals surface area contributed by atoms with E-state index in [9.17, 15) is 0 Å². The predicted octanol–water partition coefficient (Wildman–Crippen LogP) is 6.52. The Morgan fingerprint density at radius 1 is 0.742 bits per heavy atom. The zero-order valence-electron chi connectivity index (χ0n) is 21.5. The van der Waals surface area contributed by atoms with E-state index >= 15 is 0 Å². The number of ether oxygens (including phenoxy) is 3. The molecule has 0 unspecified atom stereocenters. The molecule has 7 heteroatoms. The number of hydrogen-bond donors (Lipinski definition) is 0. The van der Waals surface area contributed by atoms with Crippen LogP contribution in [0.4, 0.5) is 0 Å². The molecule has 1 aliphatic heterocycles. The fourth-order valence-electron chi connectivity index (χ4n) is 2.75. The first-order chi connectivity index (χ1) is 14.1. The van der Waals surface area contributed by atoms with Gasteiger partial charge in [-0.05, 0) is 48.4 Å². The summed E-state index contributed by atoms with van der Waals surface area (Å²) in [4.78, 5) is 0. The lowest BCUT2D eigenvalue weighted by molar-refractivity contribution is -0.0761. The van der Waals surface area contributed by atoms with Gasteiger partial charge in [0.05, 0.1) is 20.3 Å². The molecule has 178 valence electrons. The number of methoxy groups -OCH3 is 1. The molecule has 2 atom stereocenters. The lowest BCUT2D eigenvalue weighted by Crippen LogP contribution is -2.46. The van der Waals surface area contributed by atoms with Gasteiger partial charge in [-0.15, -0.1) is 0 Å². The molecule has 1 fully saturated rings. The van der Waals surface area contributed by atoms with Gasteiger partial charge < -0.3 is 23.1 Å². The number of rotatable bonds is 8. The monoisotopic (exact) mass is 468 g/mol. The van der Waals surface area contributed by atoms with Gasteiger partial charge in [0.25, 0.3) is 0 Å². The van der Waals surface area contributed by atoms with Crippen LogP contribution in [0.3, 0.4) is 0 Å². The Hall–Kier alpha value is -0.706. The highest BCUT2D eigenvalue weighted by atomic mass is 28.4. The van der Waals surface area contributed by atoms with E-state index in [4.69, 9.17) is 23.1 Å². The van der Waals surface area contributed by atoms with Crippen molar-refractivity contribution in [2.45, 2.75) is 96.3 Å². The summed E-state index contributed by atoms with van der Waals surface area (Å²) in [6, 6.07) is 7.85. The molecule has 1 heterocycles. The second-order valence-corrected chi connectivity index (χ2v) is 21.2. The highest BCUT2D eigenvalue weighted by Gasteiger charge is 2.44. The molecule has 0 aromatic heterocycles. The molecular weight excluding hydrogens is 424 g/mol. The number of benzene rings is 1. The van der Waals surface area contributed by atoms with Crippen LogP contribution in [0.15, 0.2) is 24.3 Å². The first kappa shape index (κ1) is 26.5. The molecule has 0 radical (unpaired) electrons. The van der Waals surface area contributed by atoms with Crippen molar-refractivity contribution in [3.8, 4) is 5.75 Å². The minimum absolute atomic E-state index is 0.148. The topological polar surface area (TPSA) is 46.2 Å². The van der Waals surface area contributed by atoms with E-state index in [1.165, 1.54) is 0 Å². The molecule has 31 heavy (non-hydrogen) atoms. The van der Waals surface area contributed by atoms with Crippen molar-refractivity contribution in [3.63, 3.8) is 0 Å². The summed E-state index contributed by atoms with van der Waals surface area (Å²) in [5, 5.41) is 0.296. The van der Waals surface area contributed by atoms with E-state index in [0.29, 0.717) is 13.2 Å². The van der Waals surface area contributed by atoms with Gasteiger partial charge >= 0.3 is 0 Å². The minimum Gasteiger partial charge on any atom is -0.497 e. The summed E-state index contributed by atoms with van der Waals surface area (Å²) in [6.07, 6.45) is -0.746. The predicted molar refractivity (Wildman–Crippen MR) is 132 cm³/mol. The Morgan fingerprint density at radius 2 is 1.13 bits per heavy atom. The van der Waals surface area contributed by atoms with Crippen LogP contribution in [0.1, 0.15) is 53.4 Å². The van der Waals surface area contributed by atoms with Crippen molar-refractivity contribution < 1.29 is 23.1 Å². The standard InChI is InChI=1S/C24H44O5Si2/c1-23(2,3)30(8,9)26-16-20-21(17-27-31(10,11)24(4,5)6)29-22(28-20)18-12-14-19(25-7)15-13-18/h12-15,20-22H,16-17H2,1-11H3/t20-,21-/m0/s1. The molecule has 1 aromatic carbocycles. The molecule has 1 saturated heterocycles. The first-order valence-electron chi connectivity index (χ1n) is 11.3. The first-order valence-corrected chi connectivity index (χ1v) is 17.1. The van der Waals surface area contributed by atoms with Crippen molar-refractivity contribution in [1.29, 1.82) is 0 Å². The van der Waals surface area contributed by atoms with E-state index in [1.807, 2.05) is 24.3 Å². The third-order valence-corrected chi connectivity index (χ3v) is 16.2. The van der Waals surface area contributed by atoms with Crippen molar-refractivity contribution in [3.05, 3.63) is 29.8 Å². The third-order valence-electron chi connectivity index (χ3n) is 7.23. The van der Waals surface area contributed by atoms with Crippen LogP contribution in [-0.2, 0) is 18.3 Å². The van der Waals surface area contributed by atoms with Crippen LogP contribution < -0.4 is 4.74 Å². The molecule has 0 saturated carbocycles. The second-order valence-electron chi connectivity index (χ2n) is 11.6. The molecule has 0 spiro atoms. The Balaban J connectivity index is 2.15. The maximum Gasteiger partial charge on any atom is 0.192 e. The Morgan fingerprint density at radius 3 is 1.45 bits per heavy atom.